The summed E-state index contributed by atoms with van der Waals surface area (Å²) in [7, 11) is 0. The molecule has 0 bridgehead atoms. The van der Waals surface area contributed by atoms with Crippen molar-refractivity contribution in [2.24, 2.45) is 71.0 Å². The van der Waals surface area contributed by atoms with Gasteiger partial charge < -0.3 is 4.74 Å². The molecule has 2 nitrogen and oxygen atoms in total. The monoisotopic (exact) mass is 772 g/mol. The first-order valence-electron chi connectivity index (χ1n) is 26.4. The molecule has 2 heterocycles. The van der Waals surface area contributed by atoms with Crippen LogP contribution in [0.5, 0.6) is 0 Å². The number of nitrogens with zero attached hydrogens (tertiary/aromatic N) is 1. The first-order chi connectivity index (χ1) is 27.3. The summed E-state index contributed by atoms with van der Waals surface area (Å²) >= 11 is 2.63. The molecule has 9 aliphatic carbocycles. The maximum absolute atomic E-state index is 6.93. The average Bonchev–Trinajstić information content (AvgIpc) is 3.83. The molecule has 3 heteroatoms. The van der Waals surface area contributed by atoms with E-state index in [1.54, 1.807) is 148 Å². The van der Waals surface area contributed by atoms with Crippen molar-refractivity contribution in [2.75, 3.05) is 0 Å². The fourth-order valence-corrected chi connectivity index (χ4v) is 21.3. The van der Waals surface area contributed by atoms with Gasteiger partial charge >= 0.3 is 0 Å². The van der Waals surface area contributed by atoms with Crippen LogP contribution in [-0.4, -0.2) is 45.7 Å². The van der Waals surface area contributed by atoms with E-state index in [2.05, 4.69) is 16.7 Å². The van der Waals surface area contributed by atoms with Gasteiger partial charge in [0.2, 0.25) is 0 Å². The standard InChI is InChI=1S/C52H85NOS/c1-3-13-34(14-4-1)35-25-27-38(28-26-35)53(47-31-29-40(36-15-5-2-6-16-36)42-19-7-8-20-43(42)47)39-18-11-17-37(33-39)41-22-12-23-44-45-30-32-49-50(52(45)55-51(41)44)46-21-9-10-24-48(46)54-49/h34-52H,1-33H2. The molecule has 55 heavy (non-hydrogen) atoms. The Labute approximate surface area is 343 Å². The third-order valence-corrected chi connectivity index (χ3v) is 22.9. The first kappa shape index (κ1) is 38.2. The van der Waals surface area contributed by atoms with Crippen molar-refractivity contribution in [2.45, 2.75) is 253 Å². The predicted octanol–water partition coefficient (Wildman–Crippen LogP) is 14.0. The van der Waals surface area contributed by atoms with Gasteiger partial charge in [0, 0.05) is 34.5 Å². The van der Waals surface area contributed by atoms with E-state index in [9.17, 15) is 0 Å². The van der Waals surface area contributed by atoms with Crippen LogP contribution >= 0.6 is 11.8 Å². The second-order valence-corrected chi connectivity index (χ2v) is 24.5. The molecule has 0 aromatic heterocycles. The molecule has 0 N–H and O–H groups in total. The lowest BCUT2D eigenvalue weighted by molar-refractivity contribution is -0.0730. The fourth-order valence-electron chi connectivity index (χ4n) is 18.8. The van der Waals surface area contributed by atoms with Crippen LogP contribution in [0.25, 0.3) is 0 Å². The van der Waals surface area contributed by atoms with Crippen molar-refractivity contribution in [1.82, 2.24) is 4.90 Å². The van der Waals surface area contributed by atoms with Crippen molar-refractivity contribution in [1.29, 1.82) is 0 Å². The summed E-state index contributed by atoms with van der Waals surface area (Å²) in [6.07, 6.45) is 52.1. The minimum absolute atomic E-state index is 0.623. The molecule has 15 unspecified atom stereocenters. The smallest absolute Gasteiger partial charge is 0.0621 e. The second kappa shape index (κ2) is 17.0. The quantitative estimate of drug-likeness (QED) is 0.267. The zero-order valence-electron chi connectivity index (χ0n) is 35.6. The zero-order chi connectivity index (χ0) is 36.3. The second-order valence-electron chi connectivity index (χ2n) is 23.1. The number of rotatable bonds is 6. The molecule has 0 spiro atoms. The van der Waals surface area contributed by atoms with E-state index in [4.69, 9.17) is 4.74 Å². The summed E-state index contributed by atoms with van der Waals surface area (Å²) in [6, 6.07) is 2.74. The van der Waals surface area contributed by atoms with Crippen molar-refractivity contribution in [3.63, 3.8) is 0 Å². The first-order valence-corrected chi connectivity index (χ1v) is 27.3. The Balaban J connectivity index is 0.836. The van der Waals surface area contributed by atoms with Gasteiger partial charge in [-0.1, -0.05) is 109 Å². The highest BCUT2D eigenvalue weighted by atomic mass is 32.2. The lowest BCUT2D eigenvalue weighted by Gasteiger charge is -2.57. The van der Waals surface area contributed by atoms with Gasteiger partial charge in [0.1, 0.15) is 0 Å². The highest BCUT2D eigenvalue weighted by molar-refractivity contribution is 8.00. The normalized spacial score (nSPS) is 51.1. The third kappa shape index (κ3) is 7.33. The maximum Gasteiger partial charge on any atom is 0.0621 e. The summed E-state index contributed by atoms with van der Waals surface area (Å²) in [4.78, 5) is 3.49. The van der Waals surface area contributed by atoms with Crippen LogP contribution < -0.4 is 0 Å². The van der Waals surface area contributed by atoms with E-state index >= 15 is 0 Å². The topological polar surface area (TPSA) is 12.5 Å². The number of ether oxygens (including phenoxy) is 1. The average molecular weight is 772 g/mol. The van der Waals surface area contributed by atoms with Crippen LogP contribution in [-0.2, 0) is 4.74 Å². The Kier molecular flexibility index (Phi) is 11.8. The molecular weight excluding hydrogens is 687 g/mol. The van der Waals surface area contributed by atoms with Crippen molar-refractivity contribution in [3.8, 4) is 0 Å². The molecule has 11 rings (SSSR count). The van der Waals surface area contributed by atoms with E-state index in [1.165, 1.54) is 64.2 Å². The minimum atomic E-state index is 0.623. The molecule has 0 aromatic carbocycles. The molecule has 0 amide bonds. The lowest BCUT2D eigenvalue weighted by atomic mass is 9.57. The zero-order valence-corrected chi connectivity index (χ0v) is 36.4. The fraction of sp³-hybridized carbons (Fsp3) is 1.00. The largest absolute Gasteiger partial charge is 0.374 e. The van der Waals surface area contributed by atoms with Gasteiger partial charge in [0.05, 0.1) is 12.2 Å². The summed E-state index contributed by atoms with van der Waals surface area (Å²) in [5.41, 5.74) is 0. The van der Waals surface area contributed by atoms with Crippen LogP contribution in [0.3, 0.4) is 0 Å². The highest BCUT2D eigenvalue weighted by Gasteiger charge is 2.60. The van der Waals surface area contributed by atoms with Gasteiger partial charge in [0.25, 0.3) is 0 Å². The Morgan fingerprint density at radius 1 is 0.327 bits per heavy atom. The Morgan fingerprint density at radius 2 is 0.927 bits per heavy atom. The summed E-state index contributed by atoms with van der Waals surface area (Å²) in [5, 5.41) is 1.93. The predicted molar refractivity (Wildman–Crippen MR) is 231 cm³/mol. The summed E-state index contributed by atoms with van der Waals surface area (Å²) < 4.78 is 6.93. The Bertz CT molecular complexity index is 1250. The summed E-state index contributed by atoms with van der Waals surface area (Å²) in [6.45, 7) is 0. The SMILES string of the molecule is C1CCC(C2CCC(N(C3CCCC(C4CCCC5C6CCC7OC8CCCCC8C7C6SC45)C3)C3CCC(C4CCCCC4)C4CCCCC43)CC2)CC1. The van der Waals surface area contributed by atoms with Gasteiger partial charge in [-0.3, -0.25) is 4.90 Å². The maximum atomic E-state index is 6.93. The molecule has 9 saturated carbocycles. The molecule has 0 aromatic rings. The van der Waals surface area contributed by atoms with Crippen LogP contribution in [0.2, 0.25) is 0 Å². The number of hydrogen-bond acceptors (Lipinski definition) is 3. The molecule has 2 saturated heterocycles. The molecule has 310 valence electrons. The van der Waals surface area contributed by atoms with Crippen molar-refractivity contribution >= 4 is 11.8 Å². The Hall–Kier alpha value is 0.270. The summed E-state index contributed by atoms with van der Waals surface area (Å²) in [5.74, 6) is 12.3. The minimum Gasteiger partial charge on any atom is -0.374 e. The van der Waals surface area contributed by atoms with Gasteiger partial charge in [0.15, 0.2) is 0 Å². The van der Waals surface area contributed by atoms with E-state index in [0.29, 0.717) is 12.2 Å². The molecule has 2 aliphatic heterocycles. The van der Waals surface area contributed by atoms with Crippen LogP contribution in [0.4, 0.5) is 0 Å². The van der Waals surface area contributed by atoms with Gasteiger partial charge in [-0.25, -0.2) is 0 Å². The molecular formula is C52H85NOS. The number of hydrogen-bond donors (Lipinski definition) is 0. The highest BCUT2D eigenvalue weighted by Crippen LogP contribution is 2.64. The van der Waals surface area contributed by atoms with Crippen molar-refractivity contribution in [3.05, 3.63) is 0 Å². The molecule has 11 aliphatic rings. The van der Waals surface area contributed by atoms with Gasteiger partial charge in [-0.05, 0) is 168 Å². The van der Waals surface area contributed by atoms with Crippen LogP contribution in [0.15, 0.2) is 0 Å². The van der Waals surface area contributed by atoms with E-state index in [-0.39, 0.29) is 0 Å². The number of thioether (sulfide) groups is 1. The Morgan fingerprint density at radius 3 is 1.75 bits per heavy atom. The molecule has 15 atom stereocenters. The third-order valence-electron chi connectivity index (χ3n) is 20.9. The van der Waals surface area contributed by atoms with Gasteiger partial charge in [-0.15, -0.1) is 0 Å². The van der Waals surface area contributed by atoms with Gasteiger partial charge in [-0.2, -0.15) is 11.8 Å². The van der Waals surface area contributed by atoms with E-state index in [1.807, 2.05) is 0 Å². The number of fused-ring (bicyclic) bond motifs is 8. The molecule has 0 radical (unpaired) electrons. The lowest BCUT2D eigenvalue weighted by Crippen LogP contribution is -2.58. The molecule has 11 fully saturated rings. The van der Waals surface area contributed by atoms with Crippen LogP contribution in [0, 0.1) is 71.0 Å². The van der Waals surface area contributed by atoms with Crippen LogP contribution in [0.1, 0.15) is 212 Å². The van der Waals surface area contributed by atoms with Crippen molar-refractivity contribution < 1.29 is 4.74 Å². The van der Waals surface area contributed by atoms with E-state index < -0.39 is 0 Å². The van der Waals surface area contributed by atoms with E-state index in [0.717, 1.165) is 99.6 Å².